The smallest absolute Gasteiger partial charge is 0.270 e. The van der Waals surface area contributed by atoms with Gasteiger partial charge in [0.2, 0.25) is 5.91 Å². The van der Waals surface area contributed by atoms with Crippen LogP contribution >= 0.6 is 0 Å². The second-order valence-corrected chi connectivity index (χ2v) is 4.18. The molecule has 6 heteroatoms. The number of nitrogens with one attached hydrogen (secondary N) is 1. The number of anilines is 1. The van der Waals surface area contributed by atoms with E-state index in [1.807, 2.05) is 0 Å². The van der Waals surface area contributed by atoms with Crippen molar-refractivity contribution in [2.24, 2.45) is 0 Å². The van der Waals surface area contributed by atoms with E-state index in [-0.39, 0.29) is 11.5 Å². The van der Waals surface area contributed by atoms with Crippen LogP contribution in [0.5, 0.6) is 0 Å². The zero-order valence-corrected chi connectivity index (χ0v) is 10.8. The quantitative estimate of drug-likeness (QED) is 0.532. The number of amides is 1. The molecule has 1 amide bonds. The second kappa shape index (κ2) is 6.42. The molecule has 0 unspecified atom stereocenters. The fourth-order valence-electron chi connectivity index (χ4n) is 1.63. The molecule has 0 bridgehead atoms. The molecular formula is C15H11FN2O3. The van der Waals surface area contributed by atoms with E-state index in [1.54, 1.807) is 6.07 Å². The molecule has 0 atom stereocenters. The first-order valence-electron chi connectivity index (χ1n) is 6.04. The Balaban J connectivity index is 2.03. The van der Waals surface area contributed by atoms with Crippen LogP contribution in [-0.4, -0.2) is 10.8 Å². The van der Waals surface area contributed by atoms with Crippen LogP contribution in [0.15, 0.2) is 54.6 Å². The number of carbonyl (C=O) groups excluding carboxylic acids is 1. The molecule has 0 aliphatic carbocycles. The molecule has 0 saturated carbocycles. The highest BCUT2D eigenvalue weighted by Gasteiger charge is 2.04. The molecule has 0 aliphatic heterocycles. The van der Waals surface area contributed by atoms with Crippen molar-refractivity contribution in [2.75, 3.05) is 5.32 Å². The number of benzene rings is 2. The zero-order valence-electron chi connectivity index (χ0n) is 10.8. The minimum Gasteiger partial charge on any atom is -0.323 e. The molecule has 0 aromatic heterocycles. The molecule has 0 heterocycles. The number of halogens is 1. The summed E-state index contributed by atoms with van der Waals surface area (Å²) in [5.74, 6) is -0.798. The van der Waals surface area contributed by atoms with E-state index in [0.717, 1.165) is 0 Å². The van der Waals surface area contributed by atoms with Crippen LogP contribution in [0.25, 0.3) is 6.08 Å². The summed E-state index contributed by atoms with van der Waals surface area (Å²) in [7, 11) is 0. The minimum atomic E-state index is -0.504. The van der Waals surface area contributed by atoms with Gasteiger partial charge in [-0.05, 0) is 35.9 Å². The first-order chi connectivity index (χ1) is 10.0. The highest BCUT2D eigenvalue weighted by molar-refractivity contribution is 6.01. The van der Waals surface area contributed by atoms with Crippen LogP contribution in [-0.2, 0) is 4.79 Å². The largest absolute Gasteiger partial charge is 0.323 e. The summed E-state index contributed by atoms with van der Waals surface area (Å²) in [4.78, 5) is 21.8. The third-order valence-electron chi connectivity index (χ3n) is 2.62. The van der Waals surface area contributed by atoms with Gasteiger partial charge in [0, 0.05) is 23.9 Å². The lowest BCUT2D eigenvalue weighted by molar-refractivity contribution is -0.384. The summed E-state index contributed by atoms with van der Waals surface area (Å²) in [5.41, 5.74) is 0.958. The highest BCUT2D eigenvalue weighted by atomic mass is 19.1. The topological polar surface area (TPSA) is 72.2 Å². The molecular weight excluding hydrogens is 275 g/mol. The van der Waals surface area contributed by atoms with Crippen molar-refractivity contribution in [1.29, 1.82) is 0 Å². The van der Waals surface area contributed by atoms with Crippen molar-refractivity contribution in [3.05, 3.63) is 76.1 Å². The van der Waals surface area contributed by atoms with Crippen LogP contribution < -0.4 is 5.32 Å². The first kappa shape index (κ1) is 14.4. The monoisotopic (exact) mass is 286 g/mol. The summed E-state index contributed by atoms with van der Waals surface area (Å²) >= 11 is 0. The number of hydrogen-bond donors (Lipinski definition) is 1. The van der Waals surface area contributed by atoms with Crippen LogP contribution in [0.3, 0.4) is 0 Å². The third kappa shape index (κ3) is 4.24. The van der Waals surface area contributed by atoms with Gasteiger partial charge in [-0.3, -0.25) is 14.9 Å². The summed E-state index contributed by atoms with van der Waals surface area (Å²) < 4.78 is 12.7. The van der Waals surface area contributed by atoms with Gasteiger partial charge in [-0.25, -0.2) is 4.39 Å². The van der Waals surface area contributed by atoms with E-state index in [0.29, 0.717) is 11.3 Å². The standard InChI is InChI=1S/C15H11FN2O3/c16-12-5-7-13(8-6-12)17-15(19)9-4-11-2-1-3-14(10-11)18(20)21/h1-10H,(H,17,19)/b9-4+. The average molecular weight is 286 g/mol. The molecule has 1 N–H and O–H groups in total. The van der Waals surface area contributed by atoms with Gasteiger partial charge in [-0.15, -0.1) is 0 Å². The van der Waals surface area contributed by atoms with E-state index in [9.17, 15) is 19.3 Å². The highest BCUT2D eigenvalue weighted by Crippen LogP contribution is 2.14. The Morgan fingerprint density at radius 3 is 2.57 bits per heavy atom. The predicted octanol–water partition coefficient (Wildman–Crippen LogP) is 3.39. The maximum atomic E-state index is 12.7. The lowest BCUT2D eigenvalue weighted by atomic mass is 10.2. The van der Waals surface area contributed by atoms with E-state index in [4.69, 9.17) is 0 Å². The predicted molar refractivity (Wildman–Crippen MR) is 77.2 cm³/mol. The Labute approximate surface area is 119 Å². The third-order valence-corrected chi connectivity index (χ3v) is 2.62. The van der Waals surface area contributed by atoms with Crippen LogP contribution in [0.1, 0.15) is 5.56 Å². The van der Waals surface area contributed by atoms with Crippen molar-refractivity contribution in [3.8, 4) is 0 Å². The lowest BCUT2D eigenvalue weighted by Crippen LogP contribution is -2.07. The fraction of sp³-hybridized carbons (Fsp3) is 0. The summed E-state index contributed by atoms with van der Waals surface area (Å²) in [6, 6.07) is 11.3. The van der Waals surface area contributed by atoms with Gasteiger partial charge in [-0.1, -0.05) is 12.1 Å². The maximum absolute atomic E-state index is 12.7. The van der Waals surface area contributed by atoms with Crippen molar-refractivity contribution in [1.82, 2.24) is 0 Å². The Bertz CT molecular complexity index is 696. The summed E-state index contributed by atoms with van der Waals surface area (Å²) in [6.07, 6.45) is 2.72. The van der Waals surface area contributed by atoms with Gasteiger partial charge in [0.1, 0.15) is 5.82 Å². The molecule has 5 nitrogen and oxygen atoms in total. The van der Waals surface area contributed by atoms with Crippen molar-refractivity contribution in [2.45, 2.75) is 0 Å². The molecule has 2 rings (SSSR count). The van der Waals surface area contributed by atoms with E-state index in [1.165, 1.54) is 54.6 Å². The van der Waals surface area contributed by atoms with Gasteiger partial charge < -0.3 is 5.32 Å². The van der Waals surface area contributed by atoms with Crippen LogP contribution in [0, 0.1) is 15.9 Å². The van der Waals surface area contributed by atoms with Gasteiger partial charge in [0.25, 0.3) is 5.69 Å². The van der Waals surface area contributed by atoms with Crippen LogP contribution in [0.2, 0.25) is 0 Å². The Morgan fingerprint density at radius 1 is 1.19 bits per heavy atom. The first-order valence-corrected chi connectivity index (χ1v) is 6.04. The number of rotatable bonds is 4. The number of nitrogens with zero attached hydrogens (tertiary/aromatic N) is 1. The summed E-state index contributed by atoms with van der Waals surface area (Å²) in [6.45, 7) is 0. The molecule has 0 spiro atoms. The van der Waals surface area contributed by atoms with Gasteiger partial charge in [0.05, 0.1) is 4.92 Å². The normalized spacial score (nSPS) is 10.5. The molecule has 21 heavy (non-hydrogen) atoms. The van der Waals surface area contributed by atoms with Crippen molar-refractivity contribution >= 4 is 23.4 Å². The second-order valence-electron chi connectivity index (χ2n) is 4.18. The number of hydrogen-bond acceptors (Lipinski definition) is 3. The van der Waals surface area contributed by atoms with E-state index < -0.39 is 10.8 Å². The molecule has 0 radical (unpaired) electrons. The molecule has 0 aliphatic rings. The zero-order chi connectivity index (χ0) is 15.2. The number of nitro benzene ring substituents is 1. The van der Waals surface area contributed by atoms with Gasteiger partial charge in [-0.2, -0.15) is 0 Å². The van der Waals surface area contributed by atoms with Crippen molar-refractivity contribution in [3.63, 3.8) is 0 Å². The average Bonchev–Trinajstić information content (AvgIpc) is 2.48. The van der Waals surface area contributed by atoms with Crippen molar-refractivity contribution < 1.29 is 14.1 Å². The van der Waals surface area contributed by atoms with E-state index in [2.05, 4.69) is 5.32 Å². The maximum Gasteiger partial charge on any atom is 0.270 e. The molecule has 2 aromatic rings. The number of non-ortho nitro benzene ring substituents is 1. The number of nitro groups is 1. The minimum absolute atomic E-state index is 0.0453. The number of carbonyl (C=O) groups is 1. The van der Waals surface area contributed by atoms with Crippen LogP contribution in [0.4, 0.5) is 15.8 Å². The Hall–Kier alpha value is -3.02. The summed E-state index contributed by atoms with van der Waals surface area (Å²) in [5, 5.41) is 13.2. The fourth-order valence-corrected chi connectivity index (χ4v) is 1.63. The molecule has 0 fully saturated rings. The Kier molecular flexibility index (Phi) is 4.40. The molecule has 0 saturated heterocycles. The molecule has 106 valence electrons. The molecule has 2 aromatic carbocycles. The lowest BCUT2D eigenvalue weighted by Gasteiger charge is -2.01. The Morgan fingerprint density at radius 2 is 1.90 bits per heavy atom. The SMILES string of the molecule is O=C(/C=C/c1cccc([N+](=O)[O-])c1)Nc1ccc(F)cc1. The van der Waals surface area contributed by atoms with E-state index >= 15 is 0 Å². The van der Waals surface area contributed by atoms with Gasteiger partial charge in [0.15, 0.2) is 0 Å². The van der Waals surface area contributed by atoms with Gasteiger partial charge >= 0.3 is 0 Å².